The van der Waals surface area contributed by atoms with Gasteiger partial charge in [0.2, 0.25) is 0 Å². The number of benzene rings is 2. The van der Waals surface area contributed by atoms with Crippen LogP contribution in [-0.2, 0) is 6.61 Å². The number of aromatic hydroxyl groups is 1. The van der Waals surface area contributed by atoms with E-state index in [4.69, 9.17) is 9.84 Å². The van der Waals surface area contributed by atoms with Crippen molar-refractivity contribution in [3.05, 3.63) is 64.1 Å². The summed E-state index contributed by atoms with van der Waals surface area (Å²) in [5, 5.41) is 18.6. The molecule has 2 aromatic rings. The van der Waals surface area contributed by atoms with Crippen molar-refractivity contribution < 1.29 is 19.7 Å². The molecule has 0 heterocycles. The minimum atomic E-state index is -1.19. The van der Waals surface area contributed by atoms with Gasteiger partial charge in [-0.2, -0.15) is 0 Å². The van der Waals surface area contributed by atoms with Gasteiger partial charge < -0.3 is 14.9 Å². The number of rotatable bonds is 5. The smallest absolute Gasteiger partial charge is 0.339 e. The Kier molecular flexibility index (Phi) is 4.65. The van der Waals surface area contributed by atoms with Gasteiger partial charge in [0, 0.05) is 6.07 Å². The van der Waals surface area contributed by atoms with Gasteiger partial charge in [-0.1, -0.05) is 36.9 Å². The number of hydrogen-bond donors (Lipinski definition) is 2. The van der Waals surface area contributed by atoms with Crippen LogP contribution in [0.1, 0.15) is 21.5 Å². The molecular weight excluding hydrogens is 336 g/mol. The SMILES string of the molecule is C=Cc1ccc(COc2cc(O)c(C(=O)O)cc2Br)cc1. The number of ether oxygens (including phenoxy) is 1. The minimum absolute atomic E-state index is 0.176. The van der Waals surface area contributed by atoms with E-state index in [-0.39, 0.29) is 11.3 Å². The van der Waals surface area contributed by atoms with E-state index in [0.29, 0.717) is 16.8 Å². The molecule has 0 amide bonds. The first kappa shape index (κ1) is 15.1. The van der Waals surface area contributed by atoms with Crippen molar-refractivity contribution in [3.8, 4) is 11.5 Å². The fraction of sp³-hybridized carbons (Fsp3) is 0.0625. The highest BCUT2D eigenvalue weighted by Crippen LogP contribution is 2.33. The molecule has 108 valence electrons. The summed E-state index contributed by atoms with van der Waals surface area (Å²) in [6, 6.07) is 10.3. The summed E-state index contributed by atoms with van der Waals surface area (Å²) in [5.41, 5.74) is 1.79. The summed E-state index contributed by atoms with van der Waals surface area (Å²) in [6.07, 6.45) is 1.75. The van der Waals surface area contributed by atoms with Crippen LogP contribution in [0.4, 0.5) is 0 Å². The highest BCUT2D eigenvalue weighted by Gasteiger charge is 2.14. The number of hydrogen-bond acceptors (Lipinski definition) is 3. The van der Waals surface area contributed by atoms with Crippen LogP contribution in [0.5, 0.6) is 11.5 Å². The molecule has 0 saturated heterocycles. The quantitative estimate of drug-likeness (QED) is 0.854. The van der Waals surface area contributed by atoms with Gasteiger partial charge in [0.05, 0.1) is 4.47 Å². The monoisotopic (exact) mass is 348 g/mol. The van der Waals surface area contributed by atoms with E-state index in [1.807, 2.05) is 24.3 Å². The van der Waals surface area contributed by atoms with Crippen LogP contribution in [0.15, 0.2) is 47.4 Å². The molecule has 0 aliphatic rings. The number of carboxylic acids is 1. The van der Waals surface area contributed by atoms with Crippen LogP contribution < -0.4 is 4.74 Å². The standard InChI is InChI=1S/C16H13BrO4/c1-2-10-3-5-11(6-4-10)9-21-15-8-14(18)12(16(19)20)7-13(15)17/h2-8,18H,1,9H2,(H,19,20). The molecule has 0 spiro atoms. The number of phenols is 1. The zero-order valence-electron chi connectivity index (χ0n) is 11.0. The third-order valence-corrected chi connectivity index (χ3v) is 3.51. The third-order valence-electron chi connectivity index (χ3n) is 2.89. The first-order valence-corrected chi connectivity index (χ1v) is 6.90. The third kappa shape index (κ3) is 3.64. The lowest BCUT2D eigenvalue weighted by Crippen LogP contribution is -2.00. The van der Waals surface area contributed by atoms with Crippen LogP contribution in [0.3, 0.4) is 0 Å². The predicted molar refractivity (Wildman–Crippen MR) is 83.6 cm³/mol. The van der Waals surface area contributed by atoms with E-state index in [9.17, 15) is 9.90 Å². The van der Waals surface area contributed by atoms with Crippen molar-refractivity contribution in [1.29, 1.82) is 0 Å². The first-order chi connectivity index (χ1) is 10.0. The van der Waals surface area contributed by atoms with Crippen LogP contribution in [0.2, 0.25) is 0 Å². The van der Waals surface area contributed by atoms with Gasteiger partial charge >= 0.3 is 5.97 Å². The van der Waals surface area contributed by atoms with Gasteiger partial charge in [0.15, 0.2) is 0 Å². The molecule has 0 aromatic heterocycles. The van der Waals surface area contributed by atoms with Crippen molar-refractivity contribution in [3.63, 3.8) is 0 Å². The second-order valence-electron chi connectivity index (χ2n) is 4.34. The molecule has 0 aliphatic carbocycles. The maximum Gasteiger partial charge on any atom is 0.339 e. The molecule has 2 rings (SSSR count). The summed E-state index contributed by atoms with van der Waals surface area (Å²) in [6.45, 7) is 3.99. The Labute approximate surface area is 130 Å². The van der Waals surface area contributed by atoms with Gasteiger partial charge in [-0.05, 0) is 33.1 Å². The molecule has 0 radical (unpaired) electrons. The lowest BCUT2D eigenvalue weighted by Gasteiger charge is -2.10. The maximum atomic E-state index is 10.9. The summed E-state index contributed by atoms with van der Waals surface area (Å²) >= 11 is 3.23. The normalized spacial score (nSPS) is 10.1. The van der Waals surface area contributed by atoms with Gasteiger partial charge in [-0.25, -0.2) is 4.79 Å². The lowest BCUT2D eigenvalue weighted by atomic mass is 10.1. The number of aromatic carboxylic acids is 1. The van der Waals surface area contributed by atoms with E-state index in [2.05, 4.69) is 22.5 Å². The van der Waals surface area contributed by atoms with E-state index in [0.717, 1.165) is 11.1 Å². The van der Waals surface area contributed by atoms with Crippen LogP contribution >= 0.6 is 15.9 Å². The Bertz CT molecular complexity index is 677. The minimum Gasteiger partial charge on any atom is -0.507 e. The highest BCUT2D eigenvalue weighted by molar-refractivity contribution is 9.10. The molecule has 5 heteroatoms. The summed E-state index contributed by atoms with van der Waals surface area (Å²) in [4.78, 5) is 10.9. The van der Waals surface area contributed by atoms with Crippen LogP contribution in [0.25, 0.3) is 6.08 Å². The summed E-state index contributed by atoms with van der Waals surface area (Å²) in [5.74, 6) is -1.15. The van der Waals surface area contributed by atoms with Crippen molar-refractivity contribution >= 4 is 28.0 Å². The largest absolute Gasteiger partial charge is 0.507 e. The van der Waals surface area contributed by atoms with Crippen molar-refractivity contribution in [2.75, 3.05) is 0 Å². The van der Waals surface area contributed by atoms with Gasteiger partial charge in [-0.15, -0.1) is 0 Å². The van der Waals surface area contributed by atoms with E-state index in [1.165, 1.54) is 12.1 Å². The Hall–Kier alpha value is -2.27. The van der Waals surface area contributed by atoms with Gasteiger partial charge in [-0.3, -0.25) is 0 Å². The number of carboxylic acid groups (broad SMARTS) is 1. The zero-order chi connectivity index (χ0) is 15.4. The maximum absolute atomic E-state index is 10.9. The average Bonchev–Trinajstić information content (AvgIpc) is 2.48. The molecule has 0 atom stereocenters. The average molecular weight is 349 g/mol. The van der Waals surface area contributed by atoms with Crippen LogP contribution in [0, 0.1) is 0 Å². The van der Waals surface area contributed by atoms with E-state index < -0.39 is 5.97 Å². The molecule has 0 bridgehead atoms. The Morgan fingerprint density at radius 1 is 1.29 bits per heavy atom. The summed E-state index contributed by atoms with van der Waals surface area (Å²) in [7, 11) is 0. The molecule has 2 aromatic carbocycles. The topological polar surface area (TPSA) is 66.8 Å². The molecule has 21 heavy (non-hydrogen) atoms. The zero-order valence-corrected chi connectivity index (χ0v) is 12.6. The number of carbonyl (C=O) groups is 1. The molecule has 0 unspecified atom stereocenters. The molecule has 2 N–H and O–H groups in total. The van der Waals surface area contributed by atoms with Crippen molar-refractivity contribution in [1.82, 2.24) is 0 Å². The second kappa shape index (κ2) is 6.45. The van der Waals surface area contributed by atoms with E-state index >= 15 is 0 Å². The Balaban J connectivity index is 2.14. The molecule has 0 saturated carbocycles. The fourth-order valence-electron chi connectivity index (χ4n) is 1.74. The Morgan fingerprint density at radius 3 is 2.52 bits per heavy atom. The summed E-state index contributed by atoms with van der Waals surface area (Å²) < 4.78 is 6.06. The van der Waals surface area contributed by atoms with E-state index in [1.54, 1.807) is 6.08 Å². The lowest BCUT2D eigenvalue weighted by molar-refractivity contribution is 0.0693. The second-order valence-corrected chi connectivity index (χ2v) is 5.19. The molecule has 0 aliphatic heterocycles. The fourth-order valence-corrected chi connectivity index (χ4v) is 2.19. The first-order valence-electron chi connectivity index (χ1n) is 6.11. The Morgan fingerprint density at radius 2 is 1.95 bits per heavy atom. The predicted octanol–water partition coefficient (Wildman–Crippen LogP) is 4.07. The molecule has 4 nitrogen and oxygen atoms in total. The van der Waals surface area contributed by atoms with Gasteiger partial charge in [0.25, 0.3) is 0 Å². The van der Waals surface area contributed by atoms with Crippen molar-refractivity contribution in [2.24, 2.45) is 0 Å². The molecule has 0 fully saturated rings. The number of halogens is 1. The highest BCUT2D eigenvalue weighted by atomic mass is 79.9. The molecular formula is C16H13BrO4. The van der Waals surface area contributed by atoms with Gasteiger partial charge in [0.1, 0.15) is 23.7 Å². The van der Waals surface area contributed by atoms with Crippen molar-refractivity contribution in [2.45, 2.75) is 6.61 Å². The van der Waals surface area contributed by atoms with Crippen LogP contribution in [-0.4, -0.2) is 16.2 Å².